The van der Waals surface area contributed by atoms with E-state index in [1.807, 2.05) is 9.80 Å². The number of alkyl halides is 3. The summed E-state index contributed by atoms with van der Waals surface area (Å²) < 4.78 is 51.9. The van der Waals surface area contributed by atoms with E-state index in [-0.39, 0.29) is 5.91 Å². The molecular weight excluding hydrogens is 374 g/mol. The van der Waals surface area contributed by atoms with Gasteiger partial charge in [0.25, 0.3) is 0 Å². The molecule has 1 N–H and O–H groups in total. The summed E-state index contributed by atoms with van der Waals surface area (Å²) >= 11 is 0. The summed E-state index contributed by atoms with van der Waals surface area (Å²) in [5.41, 5.74) is 0.237. The summed E-state index contributed by atoms with van der Waals surface area (Å²) in [6.07, 6.45) is -4.37. The van der Waals surface area contributed by atoms with Gasteiger partial charge < -0.3 is 10.2 Å². The number of nitrogens with one attached hydrogen (secondary N) is 1. The van der Waals surface area contributed by atoms with Crippen molar-refractivity contribution in [1.82, 2.24) is 4.90 Å². The summed E-state index contributed by atoms with van der Waals surface area (Å²) in [7, 11) is 0. The first-order valence-electron chi connectivity index (χ1n) is 8.97. The van der Waals surface area contributed by atoms with Crippen LogP contribution in [0.2, 0.25) is 0 Å². The summed E-state index contributed by atoms with van der Waals surface area (Å²) in [6.45, 7) is 3.86. The Morgan fingerprint density at radius 1 is 1.04 bits per heavy atom. The van der Waals surface area contributed by atoms with Crippen LogP contribution in [0.15, 0.2) is 48.5 Å². The molecule has 1 aliphatic rings. The number of nitrogens with zero attached hydrogens (tertiary/aromatic N) is 2. The van der Waals surface area contributed by atoms with Gasteiger partial charge >= 0.3 is 6.18 Å². The van der Waals surface area contributed by atoms with E-state index >= 15 is 0 Å². The molecule has 1 aliphatic heterocycles. The molecule has 0 spiro atoms. The highest BCUT2D eigenvalue weighted by Gasteiger charge is 2.31. The van der Waals surface area contributed by atoms with E-state index < -0.39 is 23.6 Å². The first kappa shape index (κ1) is 20.1. The van der Waals surface area contributed by atoms with Gasteiger partial charge in [-0.2, -0.15) is 13.2 Å². The lowest BCUT2D eigenvalue weighted by Gasteiger charge is -2.38. The topological polar surface area (TPSA) is 35.6 Å². The van der Waals surface area contributed by atoms with Crippen LogP contribution in [0.3, 0.4) is 0 Å². The highest BCUT2D eigenvalue weighted by Crippen LogP contribution is 2.32. The quantitative estimate of drug-likeness (QED) is 0.795. The second-order valence-corrected chi connectivity index (χ2v) is 6.75. The predicted octanol–water partition coefficient (Wildman–Crippen LogP) is 3.99. The van der Waals surface area contributed by atoms with Gasteiger partial charge in [0.05, 0.1) is 11.6 Å². The van der Waals surface area contributed by atoms with E-state index in [2.05, 4.69) is 5.32 Å². The average molecular weight is 395 g/mol. The second-order valence-electron chi connectivity index (χ2n) is 6.75. The standard InChI is InChI=1S/C20H21F4N3O/c1-14(19(28)25-17-6-3-5-16(21)13-17)26-8-10-27(11-9-26)18-7-2-4-15(12-18)20(22,23)24/h2-7,12-14H,8-11H2,1H3,(H,25,28)/t14-/m0/s1. The van der Waals surface area contributed by atoms with Crippen LogP contribution < -0.4 is 10.2 Å². The first-order chi connectivity index (χ1) is 13.2. The normalized spacial score (nSPS) is 16.7. The maximum absolute atomic E-state index is 13.2. The van der Waals surface area contributed by atoms with Crippen molar-refractivity contribution in [1.29, 1.82) is 0 Å². The zero-order chi connectivity index (χ0) is 20.3. The van der Waals surface area contributed by atoms with Crippen LogP contribution in [-0.4, -0.2) is 43.0 Å². The lowest BCUT2D eigenvalue weighted by Crippen LogP contribution is -2.52. The molecule has 8 heteroatoms. The van der Waals surface area contributed by atoms with Crippen LogP contribution in [0.5, 0.6) is 0 Å². The molecular formula is C20H21F4N3O. The third-order valence-corrected chi connectivity index (χ3v) is 4.87. The molecule has 1 heterocycles. The van der Waals surface area contributed by atoms with Gasteiger partial charge in [0.15, 0.2) is 0 Å². The smallest absolute Gasteiger partial charge is 0.369 e. The highest BCUT2D eigenvalue weighted by atomic mass is 19.4. The average Bonchev–Trinajstić information content (AvgIpc) is 2.67. The van der Waals surface area contributed by atoms with Gasteiger partial charge in [-0.05, 0) is 43.3 Å². The van der Waals surface area contributed by atoms with Crippen LogP contribution in [0.4, 0.5) is 28.9 Å². The maximum Gasteiger partial charge on any atom is 0.416 e. The molecule has 150 valence electrons. The maximum atomic E-state index is 13.2. The Bertz CT molecular complexity index is 832. The minimum Gasteiger partial charge on any atom is -0.369 e. The van der Waals surface area contributed by atoms with Gasteiger partial charge in [-0.3, -0.25) is 9.69 Å². The van der Waals surface area contributed by atoms with E-state index in [9.17, 15) is 22.4 Å². The van der Waals surface area contributed by atoms with Crippen molar-refractivity contribution < 1.29 is 22.4 Å². The number of halogens is 4. The second kappa shape index (κ2) is 8.18. The molecule has 4 nitrogen and oxygen atoms in total. The molecule has 1 saturated heterocycles. The molecule has 2 aromatic rings. The SMILES string of the molecule is C[C@@H](C(=O)Nc1cccc(F)c1)N1CCN(c2cccc(C(F)(F)F)c2)CC1. The van der Waals surface area contributed by atoms with Crippen molar-refractivity contribution in [3.8, 4) is 0 Å². The Labute approximate surface area is 160 Å². The van der Waals surface area contributed by atoms with Crippen molar-refractivity contribution >= 4 is 17.3 Å². The Balaban J connectivity index is 1.58. The van der Waals surface area contributed by atoms with Gasteiger partial charge in [-0.25, -0.2) is 4.39 Å². The number of carbonyl (C=O) groups is 1. The Kier molecular flexibility index (Phi) is 5.88. The highest BCUT2D eigenvalue weighted by molar-refractivity contribution is 5.94. The molecule has 28 heavy (non-hydrogen) atoms. The van der Waals surface area contributed by atoms with Crippen molar-refractivity contribution in [3.63, 3.8) is 0 Å². The van der Waals surface area contributed by atoms with Crippen molar-refractivity contribution in [2.45, 2.75) is 19.1 Å². The van der Waals surface area contributed by atoms with Crippen LogP contribution in [-0.2, 0) is 11.0 Å². The lowest BCUT2D eigenvalue weighted by molar-refractivity contribution is -0.137. The summed E-state index contributed by atoms with van der Waals surface area (Å²) in [5.74, 6) is -0.682. The zero-order valence-corrected chi connectivity index (χ0v) is 15.3. The van der Waals surface area contributed by atoms with E-state index in [1.54, 1.807) is 19.1 Å². The third-order valence-electron chi connectivity index (χ3n) is 4.87. The predicted molar refractivity (Wildman–Crippen MR) is 99.7 cm³/mol. The van der Waals surface area contributed by atoms with E-state index in [0.717, 1.165) is 12.1 Å². The van der Waals surface area contributed by atoms with Gasteiger partial charge in [-0.15, -0.1) is 0 Å². The van der Waals surface area contributed by atoms with E-state index in [4.69, 9.17) is 0 Å². The fraction of sp³-hybridized carbons (Fsp3) is 0.350. The fourth-order valence-corrected chi connectivity index (χ4v) is 3.23. The number of rotatable bonds is 4. The minimum atomic E-state index is -4.37. The number of amides is 1. The molecule has 0 saturated carbocycles. The molecule has 3 rings (SSSR count). The van der Waals surface area contributed by atoms with Gasteiger partial charge in [-0.1, -0.05) is 12.1 Å². The minimum absolute atomic E-state index is 0.252. The third kappa shape index (κ3) is 4.81. The molecule has 2 aromatic carbocycles. The number of hydrogen-bond donors (Lipinski definition) is 1. The summed E-state index contributed by atoms with van der Waals surface area (Å²) in [6, 6.07) is 10.5. The van der Waals surface area contributed by atoms with E-state index in [1.165, 1.54) is 24.3 Å². The van der Waals surface area contributed by atoms with E-state index in [0.29, 0.717) is 37.6 Å². The van der Waals surface area contributed by atoms with Crippen LogP contribution in [0, 0.1) is 5.82 Å². The Morgan fingerprint density at radius 2 is 1.71 bits per heavy atom. The molecule has 0 unspecified atom stereocenters. The van der Waals surface area contributed by atoms with Crippen molar-refractivity contribution in [2.24, 2.45) is 0 Å². The molecule has 0 radical (unpaired) electrons. The van der Waals surface area contributed by atoms with Gasteiger partial charge in [0, 0.05) is 37.6 Å². The molecule has 1 atom stereocenters. The van der Waals surface area contributed by atoms with Crippen LogP contribution >= 0.6 is 0 Å². The van der Waals surface area contributed by atoms with Gasteiger partial charge in [0.1, 0.15) is 5.82 Å². The molecule has 0 aromatic heterocycles. The Hall–Kier alpha value is -2.61. The van der Waals surface area contributed by atoms with Crippen LogP contribution in [0.25, 0.3) is 0 Å². The number of benzene rings is 2. The zero-order valence-electron chi connectivity index (χ0n) is 15.3. The number of carbonyl (C=O) groups excluding carboxylic acids is 1. The summed E-state index contributed by atoms with van der Waals surface area (Å²) in [5, 5.41) is 2.69. The van der Waals surface area contributed by atoms with Crippen molar-refractivity contribution in [2.75, 3.05) is 36.4 Å². The van der Waals surface area contributed by atoms with Gasteiger partial charge in [0.2, 0.25) is 5.91 Å². The Morgan fingerprint density at radius 3 is 2.36 bits per heavy atom. The largest absolute Gasteiger partial charge is 0.416 e. The summed E-state index contributed by atoms with van der Waals surface area (Å²) in [4.78, 5) is 16.3. The molecule has 0 bridgehead atoms. The van der Waals surface area contributed by atoms with Crippen molar-refractivity contribution in [3.05, 3.63) is 59.9 Å². The lowest BCUT2D eigenvalue weighted by atomic mass is 10.1. The first-order valence-corrected chi connectivity index (χ1v) is 8.97. The molecule has 1 fully saturated rings. The number of hydrogen-bond acceptors (Lipinski definition) is 3. The monoisotopic (exact) mass is 395 g/mol. The number of anilines is 2. The molecule has 1 amide bonds. The molecule has 0 aliphatic carbocycles. The van der Waals surface area contributed by atoms with Crippen LogP contribution in [0.1, 0.15) is 12.5 Å². The number of piperazine rings is 1. The fourth-order valence-electron chi connectivity index (χ4n) is 3.23.